The van der Waals surface area contributed by atoms with Gasteiger partial charge in [-0.05, 0) is 36.0 Å². The monoisotopic (exact) mass is 368 g/mol. The van der Waals surface area contributed by atoms with Crippen molar-refractivity contribution in [2.24, 2.45) is 0 Å². The number of likely N-dealkylation sites (N-methyl/N-ethyl adjacent to an activating group) is 2. The Morgan fingerprint density at radius 3 is 2.92 bits per heavy atom. The first-order chi connectivity index (χ1) is 12.5. The van der Waals surface area contributed by atoms with E-state index < -0.39 is 0 Å². The van der Waals surface area contributed by atoms with Gasteiger partial charge in [0.25, 0.3) is 5.56 Å². The molecule has 6 nitrogen and oxygen atoms in total. The van der Waals surface area contributed by atoms with E-state index in [1.54, 1.807) is 11.9 Å². The fourth-order valence-electron chi connectivity index (χ4n) is 3.48. The van der Waals surface area contributed by atoms with Crippen LogP contribution in [0.5, 0.6) is 0 Å². The van der Waals surface area contributed by atoms with Gasteiger partial charge in [0.1, 0.15) is 10.5 Å². The van der Waals surface area contributed by atoms with Crippen LogP contribution in [0.15, 0.2) is 40.5 Å². The van der Waals surface area contributed by atoms with Crippen molar-refractivity contribution in [3.8, 4) is 0 Å². The van der Waals surface area contributed by atoms with E-state index in [1.807, 2.05) is 30.6 Å². The highest BCUT2D eigenvalue weighted by Gasteiger charge is 2.31. The third-order valence-electron chi connectivity index (χ3n) is 4.90. The predicted molar refractivity (Wildman–Crippen MR) is 102 cm³/mol. The van der Waals surface area contributed by atoms with Crippen molar-refractivity contribution >= 4 is 27.5 Å². The van der Waals surface area contributed by atoms with Crippen LogP contribution in [0.4, 0.5) is 0 Å². The smallest absolute Gasteiger partial charge is 0.268 e. The minimum atomic E-state index is -0.202. The molecule has 0 bridgehead atoms. The number of nitrogens with zero attached hydrogens (tertiary/aromatic N) is 3. The van der Waals surface area contributed by atoms with Crippen LogP contribution >= 0.6 is 11.3 Å². The number of nitrogens with one attached hydrogen (secondary N) is 1. The number of rotatable bonds is 3. The highest BCUT2D eigenvalue weighted by Crippen LogP contribution is 2.23. The van der Waals surface area contributed by atoms with Crippen molar-refractivity contribution in [1.82, 2.24) is 19.8 Å². The van der Waals surface area contributed by atoms with Crippen LogP contribution in [0.2, 0.25) is 0 Å². The van der Waals surface area contributed by atoms with Gasteiger partial charge in [0.05, 0.1) is 18.1 Å². The van der Waals surface area contributed by atoms with Gasteiger partial charge in [-0.1, -0.05) is 24.3 Å². The van der Waals surface area contributed by atoms with Crippen LogP contribution in [0.3, 0.4) is 0 Å². The Kier molecular flexibility index (Phi) is 4.34. The molecule has 0 unspecified atom stereocenters. The van der Waals surface area contributed by atoms with Gasteiger partial charge in [-0.3, -0.25) is 14.5 Å². The molecule has 1 N–H and O–H groups in total. The summed E-state index contributed by atoms with van der Waals surface area (Å²) >= 11 is 1.37. The highest BCUT2D eigenvalue weighted by atomic mass is 32.1. The molecule has 26 heavy (non-hydrogen) atoms. The average molecular weight is 368 g/mol. The summed E-state index contributed by atoms with van der Waals surface area (Å²) in [6, 6.07) is 9.87. The van der Waals surface area contributed by atoms with E-state index in [1.165, 1.54) is 22.5 Å². The van der Waals surface area contributed by atoms with Gasteiger partial charge >= 0.3 is 0 Å². The fraction of sp³-hybridized carbons (Fsp3) is 0.316. The molecule has 1 aromatic carbocycles. The Hall–Kier alpha value is -2.51. The molecule has 2 aromatic heterocycles. The molecular weight excluding hydrogens is 348 g/mol. The highest BCUT2D eigenvalue weighted by molar-refractivity contribution is 7.17. The Bertz CT molecular complexity index is 1030. The zero-order valence-corrected chi connectivity index (χ0v) is 15.5. The van der Waals surface area contributed by atoms with Crippen molar-refractivity contribution in [1.29, 1.82) is 0 Å². The molecule has 0 aliphatic carbocycles. The fourth-order valence-corrected chi connectivity index (χ4v) is 4.21. The lowest BCUT2D eigenvalue weighted by molar-refractivity contribution is -0.136. The number of carbonyl (C=O) groups is 1. The molecular formula is C19H20N4O2S. The number of hydrogen-bond acceptors (Lipinski definition) is 5. The van der Waals surface area contributed by atoms with Crippen LogP contribution in [0.25, 0.3) is 10.2 Å². The second-order valence-corrected chi connectivity index (χ2v) is 7.66. The molecule has 1 atom stereocenters. The number of fused-ring (bicyclic) bond motifs is 2. The van der Waals surface area contributed by atoms with Crippen molar-refractivity contribution in [2.75, 3.05) is 14.1 Å². The van der Waals surface area contributed by atoms with Gasteiger partial charge in [0.15, 0.2) is 0 Å². The molecule has 1 aliphatic rings. The Balaban J connectivity index is 1.53. The molecule has 7 heteroatoms. The number of H-pyrrole nitrogens is 1. The van der Waals surface area contributed by atoms with Gasteiger partial charge in [-0.2, -0.15) is 0 Å². The first-order valence-electron chi connectivity index (χ1n) is 8.51. The summed E-state index contributed by atoms with van der Waals surface area (Å²) in [7, 11) is 3.73. The van der Waals surface area contributed by atoms with E-state index in [0.29, 0.717) is 22.5 Å². The van der Waals surface area contributed by atoms with E-state index in [0.717, 1.165) is 6.54 Å². The Morgan fingerprint density at radius 2 is 2.12 bits per heavy atom. The Morgan fingerprint density at radius 1 is 1.35 bits per heavy atom. The zero-order chi connectivity index (χ0) is 18.3. The molecule has 1 aliphatic heterocycles. The number of benzene rings is 1. The van der Waals surface area contributed by atoms with Crippen molar-refractivity contribution in [3.05, 3.63) is 63.0 Å². The van der Waals surface area contributed by atoms with Crippen LogP contribution < -0.4 is 5.56 Å². The minimum absolute atomic E-state index is 0.0371. The molecule has 4 rings (SSSR count). The summed E-state index contributed by atoms with van der Waals surface area (Å²) < 4.78 is 0.617. The zero-order valence-electron chi connectivity index (χ0n) is 14.7. The van der Waals surface area contributed by atoms with E-state index in [-0.39, 0.29) is 24.1 Å². The topological polar surface area (TPSA) is 69.3 Å². The number of amides is 1. The second-order valence-electron chi connectivity index (χ2n) is 6.75. The molecule has 1 amide bonds. The number of thiophene rings is 1. The van der Waals surface area contributed by atoms with E-state index in [4.69, 9.17) is 0 Å². The number of carbonyl (C=O) groups excluding carboxylic acids is 1. The van der Waals surface area contributed by atoms with Crippen molar-refractivity contribution in [3.63, 3.8) is 0 Å². The maximum atomic E-state index is 13.0. The minimum Gasteiger partial charge on any atom is -0.337 e. The molecule has 0 radical (unpaired) electrons. The molecule has 0 saturated heterocycles. The van der Waals surface area contributed by atoms with Crippen molar-refractivity contribution < 1.29 is 4.79 Å². The quantitative estimate of drug-likeness (QED) is 0.768. The van der Waals surface area contributed by atoms with Crippen LogP contribution in [0, 0.1) is 0 Å². The standard InChI is InChI=1S/C19H20N4O2S/c1-22-10-13-6-4-3-5-12(13)9-15(22)19(25)23(2)11-16-20-14-7-8-26-17(14)18(24)21-16/h3-8,15H,9-11H2,1-2H3,(H,20,21,24)/t15-/m0/s1. The van der Waals surface area contributed by atoms with E-state index in [9.17, 15) is 9.59 Å². The maximum absolute atomic E-state index is 13.0. The molecule has 0 saturated carbocycles. The van der Waals surface area contributed by atoms with Crippen LogP contribution in [-0.4, -0.2) is 45.8 Å². The lowest BCUT2D eigenvalue weighted by Crippen LogP contribution is -2.49. The summed E-state index contributed by atoms with van der Waals surface area (Å²) in [5, 5.41) is 1.85. The molecule has 134 valence electrons. The number of aromatic nitrogens is 2. The van der Waals surface area contributed by atoms with Crippen molar-refractivity contribution in [2.45, 2.75) is 25.6 Å². The predicted octanol–water partition coefficient (Wildman–Crippen LogP) is 2.00. The first kappa shape index (κ1) is 16.9. The van der Waals surface area contributed by atoms with Crippen LogP contribution in [0.1, 0.15) is 17.0 Å². The summed E-state index contributed by atoms with van der Waals surface area (Å²) in [6.07, 6.45) is 0.698. The van der Waals surface area contributed by atoms with Gasteiger partial charge < -0.3 is 9.88 Å². The molecule has 0 fully saturated rings. The van der Waals surface area contributed by atoms with Gasteiger partial charge in [-0.25, -0.2) is 4.98 Å². The number of aromatic amines is 1. The number of hydrogen-bond donors (Lipinski definition) is 1. The third kappa shape index (κ3) is 3.04. The van der Waals surface area contributed by atoms with E-state index in [2.05, 4.69) is 27.0 Å². The largest absolute Gasteiger partial charge is 0.337 e. The summed E-state index contributed by atoms with van der Waals surface area (Å²) in [6.45, 7) is 1.04. The van der Waals surface area contributed by atoms with Gasteiger partial charge in [-0.15, -0.1) is 11.3 Å². The lowest BCUT2D eigenvalue weighted by Gasteiger charge is -2.35. The normalized spacial score (nSPS) is 17.2. The second kappa shape index (κ2) is 6.66. The Labute approximate surface area is 155 Å². The van der Waals surface area contributed by atoms with Gasteiger partial charge in [0.2, 0.25) is 5.91 Å². The lowest BCUT2D eigenvalue weighted by atomic mass is 9.94. The van der Waals surface area contributed by atoms with Gasteiger partial charge in [0, 0.05) is 13.6 Å². The maximum Gasteiger partial charge on any atom is 0.268 e. The summed E-state index contributed by atoms with van der Waals surface area (Å²) in [5.41, 5.74) is 3.03. The third-order valence-corrected chi connectivity index (χ3v) is 5.80. The molecule has 3 heterocycles. The van der Waals surface area contributed by atoms with Crippen LogP contribution in [-0.2, 0) is 24.3 Å². The average Bonchev–Trinajstić information content (AvgIpc) is 3.09. The SMILES string of the molecule is CN(Cc1nc2ccsc2c(=O)[nH]1)C(=O)[C@@H]1Cc2ccccc2CN1C. The molecule has 3 aromatic rings. The summed E-state index contributed by atoms with van der Waals surface area (Å²) in [5.74, 6) is 0.547. The summed E-state index contributed by atoms with van der Waals surface area (Å²) in [4.78, 5) is 36.1. The molecule has 0 spiro atoms. The first-order valence-corrected chi connectivity index (χ1v) is 9.39. The van der Waals surface area contributed by atoms with E-state index >= 15 is 0 Å².